The Morgan fingerprint density at radius 3 is 2.64 bits per heavy atom. The third kappa shape index (κ3) is 3.56. The fourth-order valence-corrected chi connectivity index (χ4v) is 3.61. The second kappa shape index (κ2) is 6.48. The summed E-state index contributed by atoms with van der Waals surface area (Å²) in [6, 6.07) is 13.7. The summed E-state index contributed by atoms with van der Waals surface area (Å²) in [4.78, 5) is 1.07. The zero-order valence-corrected chi connectivity index (χ0v) is 13.6. The van der Waals surface area contributed by atoms with Crippen LogP contribution in [0, 0.1) is 0 Å². The molecule has 0 spiro atoms. The highest BCUT2D eigenvalue weighted by molar-refractivity contribution is 7.10. The van der Waals surface area contributed by atoms with E-state index in [9.17, 15) is 5.21 Å². The summed E-state index contributed by atoms with van der Waals surface area (Å²) in [5.74, 6) is -0.603. The van der Waals surface area contributed by atoms with Crippen molar-refractivity contribution in [2.24, 2.45) is 0 Å². The molecule has 3 rings (SSSR count). The van der Waals surface area contributed by atoms with Gasteiger partial charge in [-0.3, -0.25) is 0 Å². The lowest BCUT2D eigenvalue weighted by atomic mass is 10.1. The zero-order valence-electron chi connectivity index (χ0n) is 12.8. The Labute approximate surface area is 134 Å². The van der Waals surface area contributed by atoms with Gasteiger partial charge in [0, 0.05) is 11.4 Å². The van der Waals surface area contributed by atoms with E-state index in [2.05, 4.69) is 0 Å². The van der Waals surface area contributed by atoms with E-state index in [1.165, 1.54) is 5.06 Å². The molecular weight excluding hydrogens is 298 g/mol. The third-order valence-electron chi connectivity index (χ3n) is 3.73. The van der Waals surface area contributed by atoms with E-state index in [0.29, 0.717) is 13.2 Å². The minimum Gasteiger partial charge on any atom is -0.348 e. The Bertz CT molecular complexity index is 585. The Hall–Kier alpha value is -1.24. The number of rotatable bonds is 5. The van der Waals surface area contributed by atoms with Crippen LogP contribution in [0.5, 0.6) is 0 Å². The van der Waals surface area contributed by atoms with E-state index in [4.69, 9.17) is 9.47 Å². The van der Waals surface area contributed by atoms with E-state index in [1.54, 1.807) is 11.3 Å². The minimum atomic E-state index is -0.603. The van der Waals surface area contributed by atoms with Crippen molar-refractivity contribution in [3.05, 3.63) is 58.3 Å². The van der Waals surface area contributed by atoms with Gasteiger partial charge in [0.15, 0.2) is 5.79 Å². The van der Waals surface area contributed by atoms with Crippen molar-refractivity contribution in [2.75, 3.05) is 6.61 Å². The maximum Gasteiger partial charge on any atom is 0.163 e. The Balaban J connectivity index is 1.80. The van der Waals surface area contributed by atoms with Crippen molar-refractivity contribution in [3.63, 3.8) is 0 Å². The number of hydrogen-bond acceptors (Lipinski definition) is 5. The van der Waals surface area contributed by atoms with Crippen LogP contribution in [0.25, 0.3) is 0 Å². The molecule has 1 aliphatic rings. The summed E-state index contributed by atoms with van der Waals surface area (Å²) >= 11 is 1.62. The van der Waals surface area contributed by atoms with Crippen LogP contribution >= 0.6 is 11.3 Å². The summed E-state index contributed by atoms with van der Waals surface area (Å²) in [5, 5.41) is 14.0. The van der Waals surface area contributed by atoms with Gasteiger partial charge < -0.3 is 14.7 Å². The molecule has 2 heterocycles. The van der Waals surface area contributed by atoms with Gasteiger partial charge in [0.1, 0.15) is 6.10 Å². The zero-order chi connectivity index (χ0) is 15.6. The van der Waals surface area contributed by atoms with Crippen molar-refractivity contribution >= 4 is 11.3 Å². The lowest BCUT2D eigenvalue weighted by Crippen LogP contribution is -2.36. The van der Waals surface area contributed by atoms with Gasteiger partial charge in [0.2, 0.25) is 0 Å². The molecule has 1 N–H and O–H groups in total. The van der Waals surface area contributed by atoms with Gasteiger partial charge in [-0.05, 0) is 30.9 Å². The number of ether oxygens (including phenoxy) is 2. The molecule has 0 amide bonds. The molecule has 1 saturated heterocycles. The Morgan fingerprint density at radius 1 is 1.27 bits per heavy atom. The number of thiophene rings is 1. The molecule has 2 unspecified atom stereocenters. The summed E-state index contributed by atoms with van der Waals surface area (Å²) in [5.41, 5.74) is 1.06. The first-order valence-corrected chi connectivity index (χ1v) is 8.28. The molecule has 1 aromatic carbocycles. The monoisotopic (exact) mass is 319 g/mol. The van der Waals surface area contributed by atoms with Gasteiger partial charge in [0.25, 0.3) is 0 Å². The maximum atomic E-state index is 10.7. The van der Waals surface area contributed by atoms with Crippen molar-refractivity contribution in [2.45, 2.75) is 38.3 Å². The van der Waals surface area contributed by atoms with Gasteiger partial charge >= 0.3 is 0 Å². The quantitative estimate of drug-likeness (QED) is 0.851. The molecule has 0 bridgehead atoms. The van der Waals surface area contributed by atoms with E-state index in [0.717, 1.165) is 10.4 Å². The molecule has 5 heteroatoms. The van der Waals surface area contributed by atoms with Crippen LogP contribution in [-0.4, -0.2) is 28.8 Å². The van der Waals surface area contributed by atoms with Gasteiger partial charge in [-0.15, -0.1) is 11.3 Å². The molecule has 2 aromatic rings. The average Bonchev–Trinajstić information content (AvgIpc) is 3.11. The molecule has 1 aromatic heterocycles. The summed E-state index contributed by atoms with van der Waals surface area (Å²) in [7, 11) is 0. The van der Waals surface area contributed by atoms with Gasteiger partial charge in [-0.25, -0.2) is 0 Å². The fraction of sp³-hybridized carbons (Fsp3) is 0.412. The van der Waals surface area contributed by atoms with Crippen molar-refractivity contribution in [1.82, 2.24) is 5.06 Å². The highest BCUT2D eigenvalue weighted by Gasteiger charge is 2.40. The largest absolute Gasteiger partial charge is 0.348 e. The van der Waals surface area contributed by atoms with Crippen LogP contribution in [0.3, 0.4) is 0 Å². The van der Waals surface area contributed by atoms with Gasteiger partial charge in [-0.2, -0.15) is 5.06 Å². The molecule has 4 nitrogen and oxygen atoms in total. The van der Waals surface area contributed by atoms with E-state index >= 15 is 0 Å². The van der Waals surface area contributed by atoms with Crippen molar-refractivity contribution < 1.29 is 14.7 Å². The topological polar surface area (TPSA) is 41.9 Å². The molecule has 2 atom stereocenters. The second-order valence-electron chi connectivity index (χ2n) is 5.91. The van der Waals surface area contributed by atoms with Gasteiger partial charge in [-0.1, -0.05) is 36.4 Å². The molecule has 1 fully saturated rings. The van der Waals surface area contributed by atoms with Crippen LogP contribution < -0.4 is 0 Å². The van der Waals surface area contributed by atoms with E-state index < -0.39 is 5.79 Å². The predicted molar refractivity (Wildman–Crippen MR) is 85.7 cm³/mol. The van der Waals surface area contributed by atoms with E-state index in [1.807, 2.05) is 61.7 Å². The van der Waals surface area contributed by atoms with E-state index in [-0.39, 0.29) is 12.1 Å². The smallest absolute Gasteiger partial charge is 0.163 e. The fourth-order valence-electron chi connectivity index (χ4n) is 2.72. The van der Waals surface area contributed by atoms with Gasteiger partial charge in [0.05, 0.1) is 12.6 Å². The van der Waals surface area contributed by atoms with Crippen LogP contribution in [0.2, 0.25) is 0 Å². The average molecular weight is 319 g/mol. The molecule has 0 radical (unpaired) electrons. The Kier molecular flexibility index (Phi) is 4.61. The Morgan fingerprint density at radius 2 is 2.05 bits per heavy atom. The lowest BCUT2D eigenvalue weighted by Gasteiger charge is -2.30. The third-order valence-corrected chi connectivity index (χ3v) is 4.67. The minimum absolute atomic E-state index is 0.192. The summed E-state index contributed by atoms with van der Waals surface area (Å²) in [6.07, 6.45) is -0.192. The number of hydrogen-bond donors (Lipinski definition) is 1. The number of nitrogens with zero attached hydrogens (tertiary/aromatic N) is 1. The SMILES string of the molecule is CC1(C)OCC(C(c2cccs2)N(O)Cc2ccccc2)O1. The summed E-state index contributed by atoms with van der Waals surface area (Å²) in [6.45, 7) is 4.72. The molecule has 0 aliphatic carbocycles. The van der Waals surface area contributed by atoms with Crippen molar-refractivity contribution in [3.8, 4) is 0 Å². The highest BCUT2D eigenvalue weighted by Crippen LogP contribution is 2.36. The van der Waals surface area contributed by atoms with Crippen LogP contribution in [0.4, 0.5) is 0 Å². The summed E-state index contributed by atoms with van der Waals surface area (Å²) < 4.78 is 11.7. The van der Waals surface area contributed by atoms with Crippen molar-refractivity contribution in [1.29, 1.82) is 0 Å². The molecule has 0 saturated carbocycles. The highest BCUT2D eigenvalue weighted by atomic mass is 32.1. The van der Waals surface area contributed by atoms with Crippen LogP contribution in [-0.2, 0) is 16.0 Å². The normalized spacial score (nSPS) is 22.1. The van der Waals surface area contributed by atoms with Crippen LogP contribution in [0.1, 0.15) is 30.3 Å². The molecular formula is C17H21NO3S. The lowest BCUT2D eigenvalue weighted by molar-refractivity contribution is -0.190. The second-order valence-corrected chi connectivity index (χ2v) is 6.89. The first-order valence-electron chi connectivity index (χ1n) is 7.40. The predicted octanol–water partition coefficient (Wildman–Crippen LogP) is 3.83. The standard InChI is InChI=1S/C17H21NO3S/c1-17(2)20-12-14(21-17)16(15-9-6-10-22-15)18(19)11-13-7-4-3-5-8-13/h3-10,14,16,19H,11-12H2,1-2H3. The number of benzene rings is 1. The van der Waals surface area contributed by atoms with Crippen LogP contribution in [0.15, 0.2) is 47.8 Å². The molecule has 118 valence electrons. The first-order chi connectivity index (χ1) is 10.6. The molecule has 22 heavy (non-hydrogen) atoms. The first kappa shape index (κ1) is 15.6. The number of hydroxylamine groups is 2. The molecule has 1 aliphatic heterocycles. The maximum absolute atomic E-state index is 10.7.